The molecule has 0 bridgehead atoms. The molecule has 1 aromatic rings. The Morgan fingerprint density at radius 1 is 1.69 bits per heavy atom. The van der Waals surface area contributed by atoms with E-state index in [0.717, 1.165) is 25.0 Å². The van der Waals surface area contributed by atoms with Gasteiger partial charge < -0.3 is 5.11 Å². The Hall–Kier alpha value is -1.32. The van der Waals surface area contributed by atoms with Crippen molar-refractivity contribution in [3.05, 3.63) is 17.5 Å². The first-order valence-electron chi connectivity index (χ1n) is 4.41. The average molecular weight is 182 g/mol. The molecule has 13 heavy (non-hydrogen) atoms. The minimum atomic E-state index is -0.919. The standard InChI is InChI=1S/C9H14N2O2/c1-3-4-5-7-6-8(9(12)13)11(2)10-7/h6H,3-5H2,1-2H3,(H,12,13). The molecule has 0 aromatic carbocycles. The lowest BCUT2D eigenvalue weighted by atomic mass is 10.2. The number of carboxylic acid groups (broad SMARTS) is 1. The van der Waals surface area contributed by atoms with Gasteiger partial charge in [0.15, 0.2) is 0 Å². The minimum Gasteiger partial charge on any atom is -0.477 e. The van der Waals surface area contributed by atoms with Gasteiger partial charge in [-0.1, -0.05) is 13.3 Å². The molecule has 0 atom stereocenters. The lowest BCUT2D eigenvalue weighted by Crippen LogP contribution is -2.04. The molecule has 0 saturated heterocycles. The van der Waals surface area contributed by atoms with E-state index >= 15 is 0 Å². The van der Waals surface area contributed by atoms with Gasteiger partial charge in [0.25, 0.3) is 0 Å². The zero-order valence-electron chi connectivity index (χ0n) is 7.95. The first kappa shape index (κ1) is 9.77. The molecule has 1 rings (SSSR count). The molecule has 0 spiro atoms. The van der Waals surface area contributed by atoms with Gasteiger partial charge in [-0.15, -0.1) is 0 Å². The van der Waals surface area contributed by atoms with E-state index in [2.05, 4.69) is 12.0 Å². The highest BCUT2D eigenvalue weighted by molar-refractivity contribution is 5.85. The van der Waals surface area contributed by atoms with Crippen LogP contribution in [-0.4, -0.2) is 20.9 Å². The summed E-state index contributed by atoms with van der Waals surface area (Å²) in [4.78, 5) is 10.6. The van der Waals surface area contributed by atoms with E-state index in [4.69, 9.17) is 5.11 Å². The first-order valence-corrected chi connectivity index (χ1v) is 4.41. The number of hydrogen-bond acceptors (Lipinski definition) is 2. The molecule has 4 heteroatoms. The molecule has 0 radical (unpaired) electrons. The van der Waals surface area contributed by atoms with Crippen LogP contribution in [-0.2, 0) is 13.5 Å². The van der Waals surface area contributed by atoms with E-state index in [1.54, 1.807) is 13.1 Å². The van der Waals surface area contributed by atoms with E-state index < -0.39 is 5.97 Å². The largest absolute Gasteiger partial charge is 0.477 e. The van der Waals surface area contributed by atoms with Crippen LogP contribution in [0.1, 0.15) is 35.9 Å². The highest BCUT2D eigenvalue weighted by Crippen LogP contribution is 2.06. The third kappa shape index (κ3) is 2.31. The summed E-state index contributed by atoms with van der Waals surface area (Å²) in [6, 6.07) is 1.64. The van der Waals surface area contributed by atoms with E-state index in [-0.39, 0.29) is 5.69 Å². The van der Waals surface area contributed by atoms with Crippen molar-refractivity contribution < 1.29 is 9.90 Å². The number of nitrogens with zero attached hydrogens (tertiary/aromatic N) is 2. The maximum absolute atomic E-state index is 10.6. The van der Waals surface area contributed by atoms with Crippen LogP contribution >= 0.6 is 0 Å². The number of carboxylic acids is 1. The van der Waals surface area contributed by atoms with E-state index in [1.165, 1.54) is 4.68 Å². The topological polar surface area (TPSA) is 55.1 Å². The number of hydrogen-bond donors (Lipinski definition) is 1. The summed E-state index contributed by atoms with van der Waals surface area (Å²) in [6.45, 7) is 2.10. The Morgan fingerprint density at radius 2 is 2.38 bits per heavy atom. The number of aromatic nitrogens is 2. The summed E-state index contributed by atoms with van der Waals surface area (Å²) in [5, 5.41) is 12.8. The van der Waals surface area contributed by atoms with E-state index in [1.807, 2.05) is 0 Å². The second kappa shape index (κ2) is 4.07. The normalized spacial score (nSPS) is 10.3. The fraction of sp³-hybridized carbons (Fsp3) is 0.556. The van der Waals surface area contributed by atoms with Gasteiger partial charge in [0.1, 0.15) is 5.69 Å². The molecule has 0 aliphatic carbocycles. The van der Waals surface area contributed by atoms with E-state index in [0.29, 0.717) is 0 Å². The summed E-state index contributed by atoms with van der Waals surface area (Å²) in [5.41, 5.74) is 1.12. The predicted octanol–water partition coefficient (Wildman–Crippen LogP) is 1.46. The number of aryl methyl sites for hydroxylation is 2. The smallest absolute Gasteiger partial charge is 0.354 e. The van der Waals surface area contributed by atoms with Crippen LogP contribution in [0.4, 0.5) is 0 Å². The Bertz CT molecular complexity index is 305. The second-order valence-corrected chi connectivity index (χ2v) is 3.05. The SMILES string of the molecule is CCCCc1cc(C(=O)O)n(C)n1. The molecule has 0 saturated carbocycles. The Labute approximate surface area is 77.2 Å². The molecular formula is C9H14N2O2. The molecule has 0 aliphatic rings. The molecule has 72 valence electrons. The quantitative estimate of drug-likeness (QED) is 0.767. The Kier molecular flexibility index (Phi) is 3.06. The molecule has 1 heterocycles. The zero-order valence-corrected chi connectivity index (χ0v) is 7.95. The maximum atomic E-state index is 10.6. The molecule has 4 nitrogen and oxygen atoms in total. The van der Waals surface area contributed by atoms with Crippen molar-refractivity contribution in [2.24, 2.45) is 7.05 Å². The number of carbonyl (C=O) groups is 1. The van der Waals surface area contributed by atoms with Crippen molar-refractivity contribution >= 4 is 5.97 Å². The van der Waals surface area contributed by atoms with Gasteiger partial charge >= 0.3 is 5.97 Å². The number of aromatic carboxylic acids is 1. The fourth-order valence-corrected chi connectivity index (χ4v) is 1.21. The third-order valence-corrected chi connectivity index (χ3v) is 1.94. The fourth-order valence-electron chi connectivity index (χ4n) is 1.21. The van der Waals surface area contributed by atoms with Gasteiger partial charge in [0.05, 0.1) is 5.69 Å². The van der Waals surface area contributed by atoms with Gasteiger partial charge in [-0.25, -0.2) is 4.79 Å². The van der Waals surface area contributed by atoms with Crippen molar-refractivity contribution in [1.82, 2.24) is 9.78 Å². The molecule has 1 aromatic heterocycles. The van der Waals surface area contributed by atoms with Gasteiger partial charge in [0, 0.05) is 7.05 Å². The number of rotatable bonds is 4. The molecule has 1 N–H and O–H groups in total. The third-order valence-electron chi connectivity index (χ3n) is 1.94. The zero-order chi connectivity index (χ0) is 9.84. The number of unbranched alkanes of at least 4 members (excludes halogenated alkanes) is 1. The van der Waals surface area contributed by atoms with Crippen LogP contribution in [0.2, 0.25) is 0 Å². The van der Waals surface area contributed by atoms with Crippen molar-refractivity contribution in [2.75, 3.05) is 0 Å². The Morgan fingerprint density at radius 3 is 2.85 bits per heavy atom. The summed E-state index contributed by atoms with van der Waals surface area (Å²) >= 11 is 0. The van der Waals surface area contributed by atoms with Crippen LogP contribution in [0, 0.1) is 0 Å². The molecule has 0 aliphatic heterocycles. The van der Waals surface area contributed by atoms with Gasteiger partial charge in [-0.2, -0.15) is 5.10 Å². The minimum absolute atomic E-state index is 0.256. The van der Waals surface area contributed by atoms with Crippen LogP contribution in [0.3, 0.4) is 0 Å². The Balaban J connectivity index is 2.76. The first-order chi connectivity index (χ1) is 6.15. The van der Waals surface area contributed by atoms with E-state index in [9.17, 15) is 4.79 Å². The summed E-state index contributed by atoms with van der Waals surface area (Å²) < 4.78 is 1.41. The van der Waals surface area contributed by atoms with Gasteiger partial charge in [0.2, 0.25) is 0 Å². The van der Waals surface area contributed by atoms with Crippen molar-refractivity contribution in [3.63, 3.8) is 0 Å². The molecule has 0 unspecified atom stereocenters. The monoisotopic (exact) mass is 182 g/mol. The summed E-state index contributed by atoms with van der Waals surface area (Å²) in [6.07, 6.45) is 3.01. The lowest BCUT2D eigenvalue weighted by molar-refractivity contribution is 0.0685. The molecule has 0 fully saturated rings. The predicted molar refractivity (Wildman–Crippen MR) is 48.8 cm³/mol. The van der Waals surface area contributed by atoms with Crippen LogP contribution in [0.5, 0.6) is 0 Å². The van der Waals surface area contributed by atoms with Gasteiger partial charge in [-0.05, 0) is 18.9 Å². The van der Waals surface area contributed by atoms with Crippen LogP contribution in [0.15, 0.2) is 6.07 Å². The van der Waals surface area contributed by atoms with Gasteiger partial charge in [-0.3, -0.25) is 4.68 Å². The van der Waals surface area contributed by atoms with Crippen molar-refractivity contribution in [3.8, 4) is 0 Å². The van der Waals surface area contributed by atoms with Crippen LogP contribution < -0.4 is 0 Å². The second-order valence-electron chi connectivity index (χ2n) is 3.05. The maximum Gasteiger partial charge on any atom is 0.354 e. The van der Waals surface area contributed by atoms with Crippen molar-refractivity contribution in [2.45, 2.75) is 26.2 Å². The highest BCUT2D eigenvalue weighted by Gasteiger charge is 2.10. The van der Waals surface area contributed by atoms with Crippen LogP contribution in [0.25, 0.3) is 0 Å². The summed E-state index contributed by atoms with van der Waals surface area (Å²) in [7, 11) is 1.65. The molecule has 0 amide bonds. The highest BCUT2D eigenvalue weighted by atomic mass is 16.4. The lowest BCUT2D eigenvalue weighted by Gasteiger charge is -1.92. The molecular weight excluding hydrogens is 168 g/mol. The summed E-state index contributed by atoms with van der Waals surface area (Å²) in [5.74, 6) is -0.919. The average Bonchev–Trinajstić information content (AvgIpc) is 2.43. The van der Waals surface area contributed by atoms with Crippen molar-refractivity contribution in [1.29, 1.82) is 0 Å².